The van der Waals surface area contributed by atoms with Crippen LogP contribution < -0.4 is 11.1 Å². The molecule has 21 heavy (non-hydrogen) atoms. The minimum absolute atomic E-state index is 0.0429. The van der Waals surface area contributed by atoms with E-state index < -0.39 is 5.54 Å². The molecule has 0 fully saturated rings. The molecule has 4 N–H and O–H groups in total. The molecule has 0 amide bonds. The van der Waals surface area contributed by atoms with Gasteiger partial charge in [0, 0.05) is 6.04 Å². The van der Waals surface area contributed by atoms with Crippen LogP contribution in [0, 0.1) is 6.92 Å². The van der Waals surface area contributed by atoms with Gasteiger partial charge in [0.1, 0.15) is 5.82 Å². The van der Waals surface area contributed by atoms with Gasteiger partial charge < -0.3 is 16.2 Å². The van der Waals surface area contributed by atoms with Gasteiger partial charge in [-0.25, -0.2) is 4.68 Å². The SMILES string of the molecule is Cc1nn(C(C)C)c(NC(C)(CO)c2ccccc2)c1N. The minimum atomic E-state index is -0.617. The largest absolute Gasteiger partial charge is 0.394 e. The molecule has 2 aromatic rings. The zero-order chi connectivity index (χ0) is 15.6. The fraction of sp³-hybridized carbons (Fsp3) is 0.438. The lowest BCUT2D eigenvalue weighted by atomic mass is 9.93. The number of anilines is 2. The van der Waals surface area contributed by atoms with Crippen molar-refractivity contribution in [3.8, 4) is 0 Å². The maximum absolute atomic E-state index is 9.89. The first kappa shape index (κ1) is 15.4. The Hall–Kier alpha value is -2.01. The fourth-order valence-corrected chi connectivity index (χ4v) is 2.33. The Balaban J connectivity index is 2.44. The summed E-state index contributed by atoms with van der Waals surface area (Å²) < 4.78 is 1.86. The molecule has 1 heterocycles. The highest BCUT2D eigenvalue weighted by Gasteiger charge is 2.29. The lowest BCUT2D eigenvalue weighted by Gasteiger charge is -2.31. The van der Waals surface area contributed by atoms with Gasteiger partial charge in [-0.2, -0.15) is 5.10 Å². The van der Waals surface area contributed by atoms with Crippen LogP contribution in [-0.2, 0) is 5.54 Å². The van der Waals surface area contributed by atoms with E-state index in [1.54, 1.807) is 0 Å². The predicted octanol–water partition coefficient (Wildman–Crippen LogP) is 2.67. The Morgan fingerprint density at radius 3 is 2.48 bits per heavy atom. The monoisotopic (exact) mass is 288 g/mol. The number of hydrogen-bond donors (Lipinski definition) is 3. The summed E-state index contributed by atoms with van der Waals surface area (Å²) in [4.78, 5) is 0. The number of benzene rings is 1. The molecule has 0 aliphatic rings. The molecule has 5 nitrogen and oxygen atoms in total. The summed E-state index contributed by atoms with van der Waals surface area (Å²) in [6, 6.07) is 10.0. The molecular weight excluding hydrogens is 264 g/mol. The molecule has 1 aromatic heterocycles. The second-order valence-corrected chi connectivity index (χ2v) is 5.87. The van der Waals surface area contributed by atoms with Gasteiger partial charge in [0.25, 0.3) is 0 Å². The maximum Gasteiger partial charge on any atom is 0.149 e. The van der Waals surface area contributed by atoms with Crippen LogP contribution in [0.5, 0.6) is 0 Å². The molecule has 0 radical (unpaired) electrons. The first-order valence-electron chi connectivity index (χ1n) is 7.18. The van der Waals surface area contributed by atoms with E-state index in [0.717, 1.165) is 17.1 Å². The van der Waals surface area contributed by atoms with E-state index in [0.29, 0.717) is 5.69 Å². The smallest absolute Gasteiger partial charge is 0.149 e. The van der Waals surface area contributed by atoms with E-state index in [9.17, 15) is 5.11 Å². The summed E-state index contributed by atoms with van der Waals surface area (Å²) in [6.07, 6.45) is 0. The van der Waals surface area contributed by atoms with Crippen molar-refractivity contribution in [3.05, 3.63) is 41.6 Å². The molecule has 114 valence electrons. The summed E-state index contributed by atoms with van der Waals surface area (Å²) in [5, 5.41) is 17.7. The summed E-state index contributed by atoms with van der Waals surface area (Å²) in [5.74, 6) is 0.753. The second-order valence-electron chi connectivity index (χ2n) is 5.87. The second kappa shape index (κ2) is 5.77. The molecule has 2 rings (SSSR count). The molecule has 1 unspecified atom stereocenters. The topological polar surface area (TPSA) is 76.1 Å². The molecule has 1 atom stereocenters. The van der Waals surface area contributed by atoms with E-state index in [4.69, 9.17) is 5.73 Å². The van der Waals surface area contributed by atoms with Crippen molar-refractivity contribution in [2.45, 2.75) is 39.3 Å². The molecule has 1 aromatic carbocycles. The molecule has 0 bridgehead atoms. The van der Waals surface area contributed by atoms with Gasteiger partial charge in [0.05, 0.1) is 23.5 Å². The van der Waals surface area contributed by atoms with Crippen molar-refractivity contribution in [2.24, 2.45) is 0 Å². The Morgan fingerprint density at radius 2 is 1.95 bits per heavy atom. The van der Waals surface area contributed by atoms with Crippen LogP contribution >= 0.6 is 0 Å². The summed E-state index contributed by atoms with van der Waals surface area (Å²) in [6.45, 7) is 7.90. The number of rotatable bonds is 5. The zero-order valence-corrected chi connectivity index (χ0v) is 13.1. The normalized spacial score (nSPS) is 14.2. The van der Waals surface area contributed by atoms with Crippen molar-refractivity contribution in [3.63, 3.8) is 0 Å². The van der Waals surface area contributed by atoms with Crippen molar-refractivity contribution in [1.82, 2.24) is 9.78 Å². The molecule has 0 aliphatic heterocycles. The van der Waals surface area contributed by atoms with E-state index in [2.05, 4.69) is 24.3 Å². The third-order valence-corrected chi connectivity index (χ3v) is 3.74. The quantitative estimate of drug-likeness (QED) is 0.790. The van der Waals surface area contributed by atoms with E-state index in [1.165, 1.54) is 0 Å². The number of nitrogens with one attached hydrogen (secondary N) is 1. The van der Waals surface area contributed by atoms with Gasteiger partial charge in [-0.05, 0) is 33.3 Å². The standard InChI is InChI=1S/C16H24N4O/c1-11(2)20-15(14(17)12(3)19-20)18-16(4,10-21)13-8-6-5-7-9-13/h5-9,11,18,21H,10,17H2,1-4H3. The highest BCUT2D eigenvalue weighted by atomic mass is 16.3. The first-order chi connectivity index (χ1) is 9.89. The van der Waals surface area contributed by atoms with Gasteiger partial charge in [0.15, 0.2) is 0 Å². The van der Waals surface area contributed by atoms with Gasteiger partial charge >= 0.3 is 0 Å². The van der Waals surface area contributed by atoms with Crippen LogP contribution in [0.25, 0.3) is 0 Å². The summed E-state index contributed by atoms with van der Waals surface area (Å²) in [5.41, 5.74) is 7.95. The minimum Gasteiger partial charge on any atom is -0.394 e. The number of nitrogens with zero attached hydrogens (tertiary/aromatic N) is 2. The van der Waals surface area contributed by atoms with Gasteiger partial charge in [-0.3, -0.25) is 0 Å². The molecule has 0 saturated carbocycles. The lowest BCUT2D eigenvalue weighted by Crippen LogP contribution is -2.37. The maximum atomic E-state index is 9.89. The predicted molar refractivity (Wildman–Crippen MR) is 86.3 cm³/mol. The van der Waals surface area contributed by atoms with Gasteiger partial charge in [-0.1, -0.05) is 30.3 Å². The number of aliphatic hydroxyl groups is 1. The fourth-order valence-electron chi connectivity index (χ4n) is 2.33. The van der Waals surface area contributed by atoms with E-state index in [1.807, 2.05) is 48.9 Å². The zero-order valence-electron chi connectivity index (χ0n) is 13.1. The number of aryl methyl sites for hydroxylation is 1. The summed E-state index contributed by atoms with van der Waals surface area (Å²) >= 11 is 0. The first-order valence-corrected chi connectivity index (χ1v) is 7.18. The molecule has 0 aliphatic carbocycles. The van der Waals surface area contributed by atoms with Crippen molar-refractivity contribution < 1.29 is 5.11 Å². The highest BCUT2D eigenvalue weighted by molar-refractivity contribution is 5.66. The molecule has 0 spiro atoms. The van der Waals surface area contributed by atoms with Gasteiger partial charge in [-0.15, -0.1) is 0 Å². The van der Waals surface area contributed by atoms with Crippen molar-refractivity contribution in [2.75, 3.05) is 17.7 Å². The third kappa shape index (κ3) is 2.88. The van der Waals surface area contributed by atoms with E-state index in [-0.39, 0.29) is 12.6 Å². The average molecular weight is 288 g/mol. The average Bonchev–Trinajstić information content (AvgIpc) is 2.76. The Bertz CT molecular complexity index is 606. The van der Waals surface area contributed by atoms with Crippen LogP contribution in [0.2, 0.25) is 0 Å². The number of nitrogens with two attached hydrogens (primary N) is 1. The number of aromatic nitrogens is 2. The lowest BCUT2D eigenvalue weighted by molar-refractivity contribution is 0.223. The molecule has 5 heteroatoms. The van der Waals surface area contributed by atoms with Crippen molar-refractivity contribution >= 4 is 11.5 Å². The van der Waals surface area contributed by atoms with Crippen LogP contribution in [0.15, 0.2) is 30.3 Å². The van der Waals surface area contributed by atoms with Crippen LogP contribution in [0.1, 0.15) is 38.1 Å². The van der Waals surface area contributed by atoms with Crippen LogP contribution in [0.3, 0.4) is 0 Å². The van der Waals surface area contributed by atoms with Crippen LogP contribution in [0.4, 0.5) is 11.5 Å². The van der Waals surface area contributed by atoms with Crippen LogP contribution in [-0.4, -0.2) is 21.5 Å². The number of aliphatic hydroxyl groups excluding tert-OH is 1. The molecule has 0 saturated heterocycles. The Morgan fingerprint density at radius 1 is 1.33 bits per heavy atom. The van der Waals surface area contributed by atoms with Crippen molar-refractivity contribution in [1.29, 1.82) is 0 Å². The van der Waals surface area contributed by atoms with E-state index >= 15 is 0 Å². The highest BCUT2D eigenvalue weighted by Crippen LogP contribution is 2.32. The Labute approximate surface area is 125 Å². The number of hydrogen-bond acceptors (Lipinski definition) is 4. The summed E-state index contributed by atoms with van der Waals surface area (Å²) in [7, 11) is 0. The number of nitrogen functional groups attached to an aromatic ring is 1. The van der Waals surface area contributed by atoms with Gasteiger partial charge in [0.2, 0.25) is 0 Å². The third-order valence-electron chi connectivity index (χ3n) is 3.74. The molecular formula is C16H24N4O. The Kier molecular flexibility index (Phi) is 4.23.